The van der Waals surface area contributed by atoms with Crippen molar-refractivity contribution >= 4 is 26.6 Å². The Kier molecular flexibility index (Phi) is 4.08. The Morgan fingerprint density at radius 2 is 1.87 bits per heavy atom. The van der Waals surface area contributed by atoms with Crippen LogP contribution in [-0.2, 0) is 14.8 Å². The van der Waals surface area contributed by atoms with Crippen molar-refractivity contribution in [1.29, 1.82) is 0 Å². The van der Waals surface area contributed by atoms with Crippen LogP contribution in [0.3, 0.4) is 0 Å². The minimum atomic E-state index is -3.65. The number of carbonyl (C=O) groups excluding carboxylic acids is 1. The van der Waals surface area contributed by atoms with E-state index < -0.39 is 10.0 Å². The summed E-state index contributed by atoms with van der Waals surface area (Å²) in [5.41, 5.74) is 0.808. The molecule has 3 rings (SSSR count). The highest BCUT2D eigenvalue weighted by Gasteiger charge is 2.33. The fraction of sp³-hybridized carbons (Fsp3) is 0.278. The van der Waals surface area contributed by atoms with E-state index in [1.807, 2.05) is 24.3 Å². The molecule has 0 bridgehead atoms. The van der Waals surface area contributed by atoms with Gasteiger partial charge in [0.2, 0.25) is 10.0 Å². The zero-order valence-electron chi connectivity index (χ0n) is 13.0. The maximum Gasteiger partial charge on any atom is 0.241 e. The SMILES string of the molecule is C=C1C[C@H](NS(=O)(=O)c2cccc3ccccc23)C[C@H]1C(C)=O. The molecule has 0 aliphatic heterocycles. The minimum absolute atomic E-state index is 0.0434. The maximum absolute atomic E-state index is 12.8. The lowest BCUT2D eigenvalue weighted by atomic mass is 10.0. The Labute approximate surface area is 136 Å². The summed E-state index contributed by atoms with van der Waals surface area (Å²) in [7, 11) is -3.65. The largest absolute Gasteiger partial charge is 0.299 e. The van der Waals surface area contributed by atoms with E-state index >= 15 is 0 Å². The van der Waals surface area contributed by atoms with E-state index in [0.717, 1.165) is 11.0 Å². The van der Waals surface area contributed by atoms with Crippen LogP contribution in [0.4, 0.5) is 0 Å². The normalized spacial score (nSPS) is 21.7. The highest BCUT2D eigenvalue weighted by molar-refractivity contribution is 7.89. The van der Waals surface area contributed by atoms with Crippen molar-refractivity contribution in [2.45, 2.75) is 30.7 Å². The number of Topliss-reactive ketones (excluding diaryl/α,β-unsaturated/α-hetero) is 1. The molecule has 2 atom stereocenters. The molecular weight excluding hydrogens is 310 g/mol. The molecule has 1 fully saturated rings. The van der Waals surface area contributed by atoms with E-state index in [9.17, 15) is 13.2 Å². The molecule has 0 aromatic heterocycles. The van der Waals surface area contributed by atoms with E-state index in [-0.39, 0.29) is 22.6 Å². The number of hydrogen-bond donors (Lipinski definition) is 1. The molecule has 1 aliphatic carbocycles. The quantitative estimate of drug-likeness (QED) is 0.877. The van der Waals surface area contributed by atoms with Gasteiger partial charge in [0.05, 0.1) is 4.90 Å². The third-order valence-electron chi connectivity index (χ3n) is 4.37. The number of rotatable bonds is 4. The molecular formula is C18H19NO3S. The van der Waals surface area contributed by atoms with Crippen molar-refractivity contribution in [2.24, 2.45) is 5.92 Å². The first-order valence-electron chi connectivity index (χ1n) is 7.56. The summed E-state index contributed by atoms with van der Waals surface area (Å²) in [6, 6.07) is 12.3. The van der Waals surface area contributed by atoms with Gasteiger partial charge < -0.3 is 0 Å². The first-order chi connectivity index (χ1) is 10.9. The molecule has 1 saturated carbocycles. The summed E-state index contributed by atoms with van der Waals surface area (Å²) in [5, 5.41) is 1.58. The highest BCUT2D eigenvalue weighted by atomic mass is 32.2. The van der Waals surface area contributed by atoms with Crippen molar-refractivity contribution in [3.63, 3.8) is 0 Å². The number of benzene rings is 2. The summed E-state index contributed by atoms with van der Waals surface area (Å²) in [4.78, 5) is 11.8. The van der Waals surface area contributed by atoms with Gasteiger partial charge in [-0.15, -0.1) is 0 Å². The molecule has 2 aromatic rings. The summed E-state index contributed by atoms with van der Waals surface area (Å²) in [6.45, 7) is 5.43. The van der Waals surface area contributed by atoms with Crippen LogP contribution in [0.15, 0.2) is 59.5 Å². The van der Waals surface area contributed by atoms with Gasteiger partial charge in [-0.1, -0.05) is 48.6 Å². The van der Waals surface area contributed by atoms with Crippen molar-refractivity contribution in [1.82, 2.24) is 4.72 Å². The van der Waals surface area contributed by atoms with Gasteiger partial charge >= 0.3 is 0 Å². The Bertz CT molecular complexity index is 881. The van der Waals surface area contributed by atoms with Crippen LogP contribution >= 0.6 is 0 Å². The number of hydrogen-bond acceptors (Lipinski definition) is 3. The second kappa shape index (κ2) is 5.91. The Balaban J connectivity index is 1.90. The predicted molar refractivity (Wildman–Crippen MR) is 90.6 cm³/mol. The van der Waals surface area contributed by atoms with E-state index in [1.54, 1.807) is 18.2 Å². The van der Waals surface area contributed by atoms with Crippen molar-refractivity contribution in [3.8, 4) is 0 Å². The minimum Gasteiger partial charge on any atom is -0.299 e. The van der Waals surface area contributed by atoms with Crippen LogP contribution in [0, 0.1) is 5.92 Å². The molecule has 120 valence electrons. The first kappa shape index (κ1) is 15.9. The third kappa shape index (κ3) is 3.07. The molecule has 0 spiro atoms. The fourth-order valence-electron chi connectivity index (χ4n) is 3.25. The van der Waals surface area contributed by atoms with Gasteiger partial charge in [-0.3, -0.25) is 4.79 Å². The number of ketones is 1. The van der Waals surface area contributed by atoms with Gasteiger partial charge in [-0.2, -0.15) is 0 Å². The summed E-state index contributed by atoms with van der Waals surface area (Å²) in [6.07, 6.45) is 0.992. The van der Waals surface area contributed by atoms with Crippen LogP contribution in [0.5, 0.6) is 0 Å². The van der Waals surface area contributed by atoms with Crippen LogP contribution in [-0.4, -0.2) is 20.2 Å². The molecule has 2 aromatic carbocycles. The van der Waals surface area contributed by atoms with E-state index in [0.29, 0.717) is 18.2 Å². The van der Waals surface area contributed by atoms with Crippen LogP contribution in [0.25, 0.3) is 10.8 Å². The van der Waals surface area contributed by atoms with Gasteiger partial charge in [0.15, 0.2) is 0 Å². The number of fused-ring (bicyclic) bond motifs is 1. The Hall–Kier alpha value is -1.98. The van der Waals surface area contributed by atoms with Crippen LogP contribution in [0.2, 0.25) is 0 Å². The summed E-state index contributed by atoms with van der Waals surface area (Å²) in [5.74, 6) is -0.197. The fourth-order valence-corrected chi connectivity index (χ4v) is 4.73. The third-order valence-corrected chi connectivity index (χ3v) is 5.95. The van der Waals surface area contributed by atoms with Gasteiger partial charge in [0.25, 0.3) is 0 Å². The first-order valence-corrected chi connectivity index (χ1v) is 9.05. The Morgan fingerprint density at radius 3 is 2.57 bits per heavy atom. The predicted octanol–water partition coefficient (Wildman–Crippen LogP) is 3.04. The molecule has 23 heavy (non-hydrogen) atoms. The maximum atomic E-state index is 12.8. The number of sulfonamides is 1. The summed E-state index contributed by atoms with van der Waals surface area (Å²) >= 11 is 0. The van der Waals surface area contributed by atoms with E-state index in [2.05, 4.69) is 11.3 Å². The topological polar surface area (TPSA) is 63.2 Å². The Morgan fingerprint density at radius 1 is 1.17 bits per heavy atom. The molecule has 1 N–H and O–H groups in total. The van der Waals surface area contributed by atoms with E-state index in [1.165, 1.54) is 6.92 Å². The second-order valence-electron chi connectivity index (χ2n) is 6.06. The number of nitrogens with one attached hydrogen (secondary N) is 1. The smallest absolute Gasteiger partial charge is 0.241 e. The molecule has 1 aliphatic rings. The second-order valence-corrected chi connectivity index (χ2v) is 7.74. The molecule has 0 heterocycles. The van der Waals surface area contributed by atoms with Crippen molar-refractivity contribution < 1.29 is 13.2 Å². The zero-order valence-corrected chi connectivity index (χ0v) is 13.8. The lowest BCUT2D eigenvalue weighted by Crippen LogP contribution is -2.33. The molecule has 0 radical (unpaired) electrons. The van der Waals surface area contributed by atoms with Crippen LogP contribution in [0.1, 0.15) is 19.8 Å². The molecule has 0 saturated heterocycles. The summed E-state index contributed by atoms with van der Waals surface area (Å²) < 4.78 is 28.3. The average molecular weight is 329 g/mol. The standard InChI is InChI=1S/C18H19NO3S/c1-12-10-15(11-17(12)13(2)20)19-23(21,22)18-9-5-7-14-6-3-4-8-16(14)18/h3-9,15,17,19H,1,10-11H2,2H3/t15-,17+/m0/s1. The monoisotopic (exact) mass is 329 g/mol. The molecule has 0 unspecified atom stereocenters. The van der Waals surface area contributed by atoms with E-state index in [4.69, 9.17) is 0 Å². The van der Waals surface area contributed by atoms with Crippen molar-refractivity contribution in [3.05, 3.63) is 54.6 Å². The van der Waals surface area contributed by atoms with Gasteiger partial charge in [-0.25, -0.2) is 13.1 Å². The number of carbonyl (C=O) groups is 1. The lowest BCUT2D eigenvalue weighted by molar-refractivity contribution is -0.119. The van der Waals surface area contributed by atoms with Gasteiger partial charge in [0, 0.05) is 17.3 Å². The van der Waals surface area contributed by atoms with Gasteiger partial charge in [0.1, 0.15) is 5.78 Å². The highest BCUT2D eigenvalue weighted by Crippen LogP contribution is 2.32. The lowest BCUT2D eigenvalue weighted by Gasteiger charge is -2.14. The van der Waals surface area contributed by atoms with Crippen LogP contribution < -0.4 is 4.72 Å². The average Bonchev–Trinajstić information content (AvgIpc) is 2.86. The molecule has 5 heteroatoms. The van der Waals surface area contributed by atoms with Gasteiger partial charge in [-0.05, 0) is 31.2 Å². The molecule has 4 nitrogen and oxygen atoms in total. The zero-order chi connectivity index (χ0) is 16.6. The molecule has 0 amide bonds. The van der Waals surface area contributed by atoms with Crippen molar-refractivity contribution in [2.75, 3.05) is 0 Å².